The van der Waals surface area contributed by atoms with Gasteiger partial charge >= 0.3 is 0 Å². The van der Waals surface area contributed by atoms with Crippen molar-refractivity contribution in [2.75, 3.05) is 33.4 Å². The molecule has 9 heteroatoms. The summed E-state index contributed by atoms with van der Waals surface area (Å²) in [6.07, 6.45) is 4.78. The van der Waals surface area contributed by atoms with E-state index in [1.807, 2.05) is 11.7 Å². The van der Waals surface area contributed by atoms with Crippen LogP contribution in [0.2, 0.25) is 0 Å². The highest BCUT2D eigenvalue weighted by atomic mass is 32.1. The summed E-state index contributed by atoms with van der Waals surface area (Å²) >= 11 is 1.65. The highest BCUT2D eigenvalue weighted by molar-refractivity contribution is 7.09. The summed E-state index contributed by atoms with van der Waals surface area (Å²) in [5, 5.41) is 6.00. The Morgan fingerprint density at radius 2 is 2.21 bits per heavy atom. The second-order valence-corrected chi connectivity index (χ2v) is 9.24. The Balaban J connectivity index is 1.40. The predicted octanol–water partition coefficient (Wildman–Crippen LogP) is 0.780. The Labute approximate surface area is 175 Å². The largest absolute Gasteiger partial charge is 0.383 e. The first-order chi connectivity index (χ1) is 14.1. The lowest BCUT2D eigenvalue weighted by Gasteiger charge is -2.23. The molecule has 2 N–H and O–H groups in total. The van der Waals surface area contributed by atoms with E-state index in [9.17, 15) is 9.59 Å². The third-order valence-corrected chi connectivity index (χ3v) is 6.85. The number of likely N-dealkylation sites (tertiary alicyclic amines) is 1. The average Bonchev–Trinajstić information content (AvgIpc) is 3.07. The maximum absolute atomic E-state index is 12.5. The molecule has 2 aliphatic heterocycles. The second kappa shape index (κ2) is 9.51. The van der Waals surface area contributed by atoms with Crippen molar-refractivity contribution >= 4 is 23.2 Å². The molecule has 2 saturated heterocycles. The number of hydrogen-bond acceptors (Lipinski definition) is 7. The predicted molar refractivity (Wildman–Crippen MR) is 108 cm³/mol. The van der Waals surface area contributed by atoms with Crippen LogP contribution < -0.4 is 10.6 Å². The van der Waals surface area contributed by atoms with Crippen LogP contribution in [0, 0.1) is 11.8 Å². The molecule has 2 amide bonds. The van der Waals surface area contributed by atoms with Gasteiger partial charge in [0.2, 0.25) is 11.8 Å². The van der Waals surface area contributed by atoms with E-state index >= 15 is 0 Å². The van der Waals surface area contributed by atoms with Crippen LogP contribution in [0.5, 0.6) is 0 Å². The van der Waals surface area contributed by atoms with Crippen molar-refractivity contribution in [2.24, 2.45) is 11.8 Å². The summed E-state index contributed by atoms with van der Waals surface area (Å²) in [4.78, 5) is 32.6. The molecule has 0 unspecified atom stereocenters. The van der Waals surface area contributed by atoms with Crippen molar-refractivity contribution in [1.29, 1.82) is 0 Å². The molecule has 29 heavy (non-hydrogen) atoms. The minimum absolute atomic E-state index is 0.0187. The molecule has 3 aliphatic rings. The van der Waals surface area contributed by atoms with Gasteiger partial charge in [-0.1, -0.05) is 0 Å². The van der Waals surface area contributed by atoms with Crippen LogP contribution >= 0.6 is 11.3 Å². The number of hydrogen-bond donors (Lipinski definition) is 2. The molecule has 0 radical (unpaired) electrons. The van der Waals surface area contributed by atoms with Gasteiger partial charge in [-0.2, -0.15) is 0 Å². The number of nitrogens with one attached hydrogen (secondary N) is 2. The number of thiazole rings is 1. The highest BCUT2D eigenvalue weighted by Gasteiger charge is 2.51. The van der Waals surface area contributed by atoms with Crippen molar-refractivity contribution in [3.63, 3.8) is 0 Å². The van der Waals surface area contributed by atoms with Crippen LogP contribution in [0.4, 0.5) is 0 Å². The quantitative estimate of drug-likeness (QED) is 0.542. The molecule has 1 aliphatic carbocycles. The van der Waals surface area contributed by atoms with E-state index in [1.165, 1.54) is 4.88 Å². The number of aromatic nitrogens is 1. The molecule has 0 aromatic carbocycles. The zero-order chi connectivity index (χ0) is 20.2. The van der Waals surface area contributed by atoms with E-state index in [0.29, 0.717) is 38.6 Å². The van der Waals surface area contributed by atoms with Crippen molar-refractivity contribution in [3.8, 4) is 0 Å². The molecule has 0 spiro atoms. The van der Waals surface area contributed by atoms with E-state index in [2.05, 4.69) is 20.5 Å². The number of rotatable bonds is 10. The first kappa shape index (κ1) is 20.7. The fourth-order valence-electron chi connectivity index (χ4n) is 4.61. The average molecular weight is 423 g/mol. The van der Waals surface area contributed by atoms with Crippen LogP contribution in [0.25, 0.3) is 0 Å². The van der Waals surface area contributed by atoms with Crippen molar-refractivity contribution in [3.05, 3.63) is 16.6 Å². The first-order valence-corrected chi connectivity index (χ1v) is 11.3. The first-order valence-electron chi connectivity index (χ1n) is 10.4. The third-order valence-electron chi connectivity index (χ3n) is 6.08. The lowest BCUT2D eigenvalue weighted by molar-refractivity contribution is -0.124. The van der Waals surface area contributed by atoms with Gasteiger partial charge in [0.25, 0.3) is 0 Å². The van der Waals surface area contributed by atoms with E-state index in [0.717, 1.165) is 25.9 Å². The Morgan fingerprint density at radius 1 is 1.34 bits per heavy atom. The van der Waals surface area contributed by atoms with Crippen LogP contribution in [-0.2, 0) is 25.6 Å². The van der Waals surface area contributed by atoms with Gasteiger partial charge in [0.1, 0.15) is 0 Å². The van der Waals surface area contributed by atoms with Gasteiger partial charge in [-0.3, -0.25) is 19.5 Å². The Morgan fingerprint density at radius 3 is 2.93 bits per heavy atom. The highest BCUT2D eigenvalue weighted by Crippen LogP contribution is 2.42. The van der Waals surface area contributed by atoms with Crippen molar-refractivity contribution in [1.82, 2.24) is 20.5 Å². The standard InChI is InChI=1S/C20H30N4O4S/c1-27-5-4-22-18(25)7-17-20-13(6-19(26)23-14-2-3-14)9-24(16(20)11-28-17)10-15-8-21-12-29-15/h8,12-14,16-17,20H,2-7,9-11H2,1H3,(H,22,25)(H,23,26)/t13-,16-,17+,20-/m1/s1. The third kappa shape index (κ3) is 5.33. The second-order valence-electron chi connectivity index (χ2n) is 8.27. The Bertz CT molecular complexity index is 697. The van der Waals surface area contributed by atoms with E-state index in [1.54, 1.807) is 18.4 Å². The Hall–Kier alpha value is -1.55. The maximum atomic E-state index is 12.5. The number of ether oxygens (including phenoxy) is 2. The molecule has 1 aromatic rings. The molecule has 1 saturated carbocycles. The summed E-state index contributed by atoms with van der Waals surface area (Å²) in [6, 6.07) is 0.614. The molecule has 0 bridgehead atoms. The molecule has 8 nitrogen and oxygen atoms in total. The van der Waals surface area contributed by atoms with Gasteiger partial charge in [-0.15, -0.1) is 11.3 Å². The number of carbonyl (C=O) groups is 2. The van der Waals surface area contributed by atoms with Gasteiger partial charge in [0, 0.05) is 62.2 Å². The zero-order valence-electron chi connectivity index (χ0n) is 16.8. The van der Waals surface area contributed by atoms with Gasteiger partial charge in [0.15, 0.2) is 0 Å². The summed E-state index contributed by atoms with van der Waals surface area (Å²) < 4.78 is 11.1. The smallest absolute Gasteiger partial charge is 0.222 e. The lowest BCUT2D eigenvalue weighted by Crippen LogP contribution is -2.36. The summed E-state index contributed by atoms with van der Waals surface area (Å²) in [6.45, 7) is 3.29. The van der Waals surface area contributed by atoms with E-state index < -0.39 is 0 Å². The van der Waals surface area contributed by atoms with E-state index in [-0.39, 0.29) is 35.8 Å². The summed E-state index contributed by atoms with van der Waals surface area (Å²) in [5.74, 6) is 0.507. The van der Waals surface area contributed by atoms with Gasteiger partial charge in [-0.25, -0.2) is 0 Å². The van der Waals surface area contributed by atoms with Crippen LogP contribution in [0.1, 0.15) is 30.6 Å². The van der Waals surface area contributed by atoms with Crippen molar-refractivity contribution < 1.29 is 19.1 Å². The number of amides is 2. The molecule has 3 fully saturated rings. The number of nitrogens with zero attached hydrogens (tertiary/aromatic N) is 2. The topological polar surface area (TPSA) is 92.8 Å². The zero-order valence-corrected chi connectivity index (χ0v) is 17.7. The fraction of sp³-hybridized carbons (Fsp3) is 0.750. The lowest BCUT2D eigenvalue weighted by atomic mass is 9.84. The maximum Gasteiger partial charge on any atom is 0.222 e. The van der Waals surface area contributed by atoms with Gasteiger partial charge < -0.3 is 20.1 Å². The van der Waals surface area contributed by atoms with Gasteiger partial charge in [-0.05, 0) is 18.8 Å². The molecule has 1 aromatic heterocycles. The number of carbonyl (C=O) groups excluding carboxylic acids is 2. The molecule has 160 valence electrons. The van der Waals surface area contributed by atoms with E-state index in [4.69, 9.17) is 9.47 Å². The van der Waals surface area contributed by atoms with Crippen LogP contribution in [-0.4, -0.2) is 73.3 Å². The fourth-order valence-corrected chi connectivity index (χ4v) is 5.23. The van der Waals surface area contributed by atoms with Gasteiger partial charge in [0.05, 0.1) is 31.2 Å². The SMILES string of the molecule is COCCNC(=O)C[C@@H]1OC[C@@H]2[C@H]1[C@H](CC(=O)NC1CC1)CN2Cc1cncs1. The number of fused-ring (bicyclic) bond motifs is 1. The van der Waals surface area contributed by atoms with Crippen LogP contribution in [0.15, 0.2) is 11.7 Å². The minimum atomic E-state index is -0.146. The number of methoxy groups -OCH3 is 1. The van der Waals surface area contributed by atoms with Crippen LogP contribution in [0.3, 0.4) is 0 Å². The molecule has 3 heterocycles. The molecular formula is C20H30N4O4S. The normalized spacial score (nSPS) is 29.0. The molecular weight excluding hydrogens is 392 g/mol. The monoisotopic (exact) mass is 422 g/mol. The molecule has 4 rings (SSSR count). The van der Waals surface area contributed by atoms with Crippen molar-refractivity contribution in [2.45, 2.75) is 50.4 Å². The Kier molecular flexibility index (Phi) is 6.79. The minimum Gasteiger partial charge on any atom is -0.383 e. The summed E-state index contributed by atoms with van der Waals surface area (Å²) in [7, 11) is 1.62. The summed E-state index contributed by atoms with van der Waals surface area (Å²) in [5.41, 5.74) is 1.85. The molecule has 4 atom stereocenters.